The van der Waals surface area contributed by atoms with E-state index in [4.69, 9.17) is 4.74 Å². The predicted octanol–water partition coefficient (Wildman–Crippen LogP) is 1.14. The molecule has 0 bridgehead atoms. The van der Waals surface area contributed by atoms with E-state index in [0.29, 0.717) is 6.04 Å². The lowest BCUT2D eigenvalue weighted by atomic mass is 10.1. The van der Waals surface area contributed by atoms with Crippen molar-refractivity contribution in [3.63, 3.8) is 0 Å². The zero-order valence-electron chi connectivity index (χ0n) is 9.51. The first-order chi connectivity index (χ1) is 6.83. The molecule has 84 valence electrons. The molecule has 3 heteroatoms. The van der Waals surface area contributed by atoms with Crippen molar-refractivity contribution in [2.45, 2.75) is 44.7 Å². The molecule has 2 unspecified atom stereocenters. The SMILES string of the molecule is COCCCNC(C)CC1CCCN1. The van der Waals surface area contributed by atoms with Gasteiger partial charge >= 0.3 is 0 Å². The number of hydrogen-bond donors (Lipinski definition) is 2. The number of hydrogen-bond acceptors (Lipinski definition) is 3. The quantitative estimate of drug-likeness (QED) is 0.605. The third-order valence-electron chi connectivity index (χ3n) is 2.82. The largest absolute Gasteiger partial charge is 0.385 e. The smallest absolute Gasteiger partial charge is 0.0474 e. The monoisotopic (exact) mass is 200 g/mol. The van der Waals surface area contributed by atoms with Gasteiger partial charge in [0.15, 0.2) is 0 Å². The highest BCUT2D eigenvalue weighted by atomic mass is 16.5. The van der Waals surface area contributed by atoms with E-state index >= 15 is 0 Å². The molecule has 2 N–H and O–H groups in total. The Bertz CT molecular complexity index is 135. The van der Waals surface area contributed by atoms with Crippen molar-refractivity contribution in [1.29, 1.82) is 0 Å². The van der Waals surface area contributed by atoms with Crippen LogP contribution >= 0.6 is 0 Å². The topological polar surface area (TPSA) is 33.3 Å². The lowest BCUT2D eigenvalue weighted by Gasteiger charge is -2.18. The van der Waals surface area contributed by atoms with Crippen LogP contribution in [0.3, 0.4) is 0 Å². The van der Waals surface area contributed by atoms with Crippen LogP contribution in [0.15, 0.2) is 0 Å². The molecular formula is C11H24N2O. The summed E-state index contributed by atoms with van der Waals surface area (Å²) in [6.45, 7) is 5.41. The van der Waals surface area contributed by atoms with E-state index < -0.39 is 0 Å². The number of rotatable bonds is 7. The summed E-state index contributed by atoms with van der Waals surface area (Å²) in [6.07, 6.45) is 5.07. The summed E-state index contributed by atoms with van der Waals surface area (Å²) >= 11 is 0. The summed E-state index contributed by atoms with van der Waals surface area (Å²) in [5, 5.41) is 7.05. The molecular weight excluding hydrogens is 176 g/mol. The molecule has 1 fully saturated rings. The molecule has 0 radical (unpaired) electrons. The molecule has 0 aromatic carbocycles. The molecule has 0 saturated carbocycles. The lowest BCUT2D eigenvalue weighted by molar-refractivity contribution is 0.193. The van der Waals surface area contributed by atoms with Crippen LogP contribution in [-0.4, -0.2) is 38.9 Å². The Morgan fingerprint density at radius 1 is 1.57 bits per heavy atom. The Kier molecular flexibility index (Phi) is 6.15. The summed E-state index contributed by atoms with van der Waals surface area (Å²) in [4.78, 5) is 0. The molecule has 1 rings (SSSR count). The Morgan fingerprint density at radius 2 is 2.43 bits per heavy atom. The molecule has 0 amide bonds. The maximum Gasteiger partial charge on any atom is 0.0474 e. The molecule has 1 heterocycles. The van der Waals surface area contributed by atoms with Gasteiger partial charge in [0.25, 0.3) is 0 Å². The Balaban J connectivity index is 1.95. The van der Waals surface area contributed by atoms with Gasteiger partial charge in [-0.05, 0) is 45.7 Å². The second-order valence-electron chi connectivity index (χ2n) is 4.23. The van der Waals surface area contributed by atoms with Gasteiger partial charge in [0.2, 0.25) is 0 Å². The van der Waals surface area contributed by atoms with Gasteiger partial charge in [-0.2, -0.15) is 0 Å². The number of methoxy groups -OCH3 is 1. The summed E-state index contributed by atoms with van der Waals surface area (Å²) < 4.78 is 5.00. The van der Waals surface area contributed by atoms with E-state index in [2.05, 4.69) is 17.6 Å². The van der Waals surface area contributed by atoms with E-state index in [0.717, 1.165) is 25.6 Å². The van der Waals surface area contributed by atoms with Gasteiger partial charge in [0, 0.05) is 25.8 Å². The standard InChI is InChI=1S/C11H24N2O/c1-10(12-7-4-8-14-2)9-11-5-3-6-13-11/h10-13H,3-9H2,1-2H3. The fourth-order valence-electron chi connectivity index (χ4n) is 2.03. The van der Waals surface area contributed by atoms with E-state index in [1.165, 1.54) is 25.8 Å². The van der Waals surface area contributed by atoms with E-state index in [1.54, 1.807) is 7.11 Å². The Labute approximate surface area is 87.6 Å². The van der Waals surface area contributed by atoms with Gasteiger partial charge in [-0.1, -0.05) is 0 Å². The Hall–Kier alpha value is -0.120. The molecule has 0 aliphatic carbocycles. The molecule has 0 aromatic rings. The van der Waals surface area contributed by atoms with Crippen LogP contribution in [0.2, 0.25) is 0 Å². The third-order valence-corrected chi connectivity index (χ3v) is 2.82. The summed E-state index contributed by atoms with van der Waals surface area (Å²) in [5.74, 6) is 0. The number of ether oxygens (including phenoxy) is 1. The molecule has 3 nitrogen and oxygen atoms in total. The van der Waals surface area contributed by atoms with E-state index in [-0.39, 0.29) is 0 Å². The highest BCUT2D eigenvalue weighted by Crippen LogP contribution is 2.10. The van der Waals surface area contributed by atoms with Gasteiger partial charge in [-0.3, -0.25) is 0 Å². The minimum atomic E-state index is 0.627. The third kappa shape index (κ3) is 4.94. The zero-order chi connectivity index (χ0) is 10.2. The van der Waals surface area contributed by atoms with Crippen LogP contribution in [0.5, 0.6) is 0 Å². The second-order valence-corrected chi connectivity index (χ2v) is 4.23. The second kappa shape index (κ2) is 7.21. The predicted molar refractivity (Wildman–Crippen MR) is 59.6 cm³/mol. The first-order valence-electron chi connectivity index (χ1n) is 5.78. The van der Waals surface area contributed by atoms with Crippen molar-refractivity contribution < 1.29 is 4.74 Å². The molecule has 2 atom stereocenters. The fraction of sp³-hybridized carbons (Fsp3) is 1.00. The van der Waals surface area contributed by atoms with Crippen molar-refractivity contribution in [3.8, 4) is 0 Å². The number of nitrogens with one attached hydrogen (secondary N) is 2. The lowest BCUT2D eigenvalue weighted by Crippen LogP contribution is -2.34. The molecule has 1 aliphatic rings. The van der Waals surface area contributed by atoms with E-state index in [1.807, 2.05) is 0 Å². The summed E-state index contributed by atoms with van der Waals surface area (Å²) in [7, 11) is 1.76. The minimum absolute atomic E-state index is 0.627. The summed E-state index contributed by atoms with van der Waals surface area (Å²) in [5.41, 5.74) is 0. The first kappa shape index (κ1) is 12.0. The van der Waals surface area contributed by atoms with Gasteiger partial charge in [-0.25, -0.2) is 0 Å². The maximum absolute atomic E-state index is 5.00. The molecule has 1 saturated heterocycles. The van der Waals surface area contributed by atoms with E-state index in [9.17, 15) is 0 Å². The average molecular weight is 200 g/mol. The minimum Gasteiger partial charge on any atom is -0.385 e. The van der Waals surface area contributed by atoms with Gasteiger partial charge in [0.05, 0.1) is 0 Å². The Morgan fingerprint density at radius 3 is 3.07 bits per heavy atom. The highest BCUT2D eigenvalue weighted by molar-refractivity contribution is 4.78. The van der Waals surface area contributed by atoms with Crippen LogP contribution in [-0.2, 0) is 4.74 Å². The summed E-state index contributed by atoms with van der Waals surface area (Å²) in [6, 6.07) is 1.38. The molecule has 1 aliphatic heterocycles. The van der Waals surface area contributed by atoms with Crippen molar-refractivity contribution in [1.82, 2.24) is 10.6 Å². The highest BCUT2D eigenvalue weighted by Gasteiger charge is 2.16. The van der Waals surface area contributed by atoms with Gasteiger partial charge in [-0.15, -0.1) is 0 Å². The average Bonchev–Trinajstić information content (AvgIpc) is 2.65. The molecule has 0 spiro atoms. The van der Waals surface area contributed by atoms with Crippen LogP contribution in [0.1, 0.15) is 32.6 Å². The normalized spacial score (nSPS) is 24.0. The van der Waals surface area contributed by atoms with Crippen LogP contribution in [0.4, 0.5) is 0 Å². The van der Waals surface area contributed by atoms with Crippen molar-refractivity contribution in [2.24, 2.45) is 0 Å². The first-order valence-corrected chi connectivity index (χ1v) is 5.78. The van der Waals surface area contributed by atoms with Crippen LogP contribution < -0.4 is 10.6 Å². The maximum atomic E-state index is 5.00. The molecule has 14 heavy (non-hydrogen) atoms. The van der Waals surface area contributed by atoms with Crippen molar-refractivity contribution >= 4 is 0 Å². The van der Waals surface area contributed by atoms with Crippen molar-refractivity contribution in [2.75, 3.05) is 26.8 Å². The molecule has 0 aromatic heterocycles. The van der Waals surface area contributed by atoms with Crippen molar-refractivity contribution in [3.05, 3.63) is 0 Å². The van der Waals surface area contributed by atoms with Crippen LogP contribution in [0, 0.1) is 0 Å². The zero-order valence-corrected chi connectivity index (χ0v) is 9.51. The van der Waals surface area contributed by atoms with Gasteiger partial charge < -0.3 is 15.4 Å². The van der Waals surface area contributed by atoms with Crippen LogP contribution in [0.25, 0.3) is 0 Å². The van der Waals surface area contributed by atoms with Gasteiger partial charge in [0.1, 0.15) is 0 Å². The fourth-order valence-corrected chi connectivity index (χ4v) is 2.03.